The zero-order valence-corrected chi connectivity index (χ0v) is 9.49. The summed E-state index contributed by atoms with van der Waals surface area (Å²) in [6, 6.07) is 8.23. The minimum absolute atomic E-state index is 0.538. The topological polar surface area (TPSA) is 55.7 Å². The summed E-state index contributed by atoms with van der Waals surface area (Å²) in [6.45, 7) is 2.69. The second-order valence-electron chi connectivity index (χ2n) is 3.85. The van der Waals surface area contributed by atoms with E-state index in [1.807, 2.05) is 26.1 Å². The van der Waals surface area contributed by atoms with Crippen molar-refractivity contribution in [2.75, 3.05) is 18.5 Å². The van der Waals surface area contributed by atoms with Crippen molar-refractivity contribution in [1.29, 1.82) is 5.26 Å². The Morgan fingerprint density at radius 2 is 2.31 bits per heavy atom. The summed E-state index contributed by atoms with van der Waals surface area (Å²) >= 11 is 0. The Balaban J connectivity index is 2.28. The second kappa shape index (κ2) is 4.23. The number of aromatic amines is 1. The minimum Gasteiger partial charge on any atom is -0.374 e. The fraction of sp³-hybridized carbons (Fsp3) is 0.333. The molecule has 1 aromatic carbocycles. The molecule has 1 aromatic heterocycles. The lowest BCUT2D eigenvalue weighted by molar-refractivity contribution is 0.906. The van der Waals surface area contributed by atoms with Crippen molar-refractivity contribution in [3.05, 3.63) is 24.0 Å². The molecule has 0 radical (unpaired) electrons. The molecule has 0 aliphatic rings. The number of nitrogens with one attached hydrogen (secondary N) is 1. The van der Waals surface area contributed by atoms with Crippen molar-refractivity contribution >= 4 is 16.7 Å². The number of anilines is 1. The summed E-state index contributed by atoms with van der Waals surface area (Å²) in [4.78, 5) is 9.62. The number of nitriles is 1. The number of rotatable bonds is 3. The lowest BCUT2D eigenvalue weighted by Crippen LogP contribution is -2.17. The monoisotopic (exact) mass is 214 g/mol. The maximum Gasteiger partial charge on any atom is 0.104 e. The first kappa shape index (κ1) is 10.5. The van der Waals surface area contributed by atoms with E-state index < -0.39 is 0 Å². The van der Waals surface area contributed by atoms with Crippen LogP contribution < -0.4 is 4.90 Å². The van der Waals surface area contributed by atoms with Gasteiger partial charge in [0.25, 0.3) is 0 Å². The number of H-pyrrole nitrogens is 1. The van der Waals surface area contributed by atoms with E-state index in [9.17, 15) is 0 Å². The highest BCUT2D eigenvalue weighted by Crippen LogP contribution is 2.19. The molecule has 2 aromatic rings. The van der Waals surface area contributed by atoms with E-state index in [1.54, 1.807) is 0 Å². The molecule has 0 fully saturated rings. The third-order valence-electron chi connectivity index (χ3n) is 2.58. The molecule has 0 bridgehead atoms. The first-order valence-corrected chi connectivity index (χ1v) is 5.25. The molecule has 2 rings (SSSR count). The second-order valence-corrected chi connectivity index (χ2v) is 3.85. The van der Waals surface area contributed by atoms with Crippen LogP contribution in [0, 0.1) is 18.3 Å². The first-order chi connectivity index (χ1) is 7.70. The number of hydrogen-bond donors (Lipinski definition) is 1. The lowest BCUT2D eigenvalue weighted by atomic mass is 10.2. The molecule has 4 nitrogen and oxygen atoms in total. The Labute approximate surface area is 94.5 Å². The van der Waals surface area contributed by atoms with E-state index in [0.29, 0.717) is 6.42 Å². The van der Waals surface area contributed by atoms with Crippen molar-refractivity contribution in [2.45, 2.75) is 13.3 Å². The zero-order chi connectivity index (χ0) is 11.5. The van der Waals surface area contributed by atoms with Crippen molar-refractivity contribution in [1.82, 2.24) is 9.97 Å². The van der Waals surface area contributed by atoms with Gasteiger partial charge in [0.1, 0.15) is 5.82 Å². The fourth-order valence-electron chi connectivity index (χ4n) is 1.71. The molecule has 0 saturated carbocycles. The number of benzene rings is 1. The summed E-state index contributed by atoms with van der Waals surface area (Å²) < 4.78 is 0. The molecule has 1 heterocycles. The summed E-state index contributed by atoms with van der Waals surface area (Å²) in [7, 11) is 1.99. The standard InChI is InChI=1S/C12H14N4/c1-9-14-11-5-4-10(8-12(11)15-9)16(2)7-3-6-13/h4-5,8H,3,7H2,1-2H3,(H,14,15). The van der Waals surface area contributed by atoms with Crippen molar-refractivity contribution in [3.8, 4) is 6.07 Å². The number of fused-ring (bicyclic) bond motifs is 1. The van der Waals surface area contributed by atoms with Gasteiger partial charge in [-0.2, -0.15) is 5.26 Å². The van der Waals surface area contributed by atoms with E-state index in [-0.39, 0.29) is 0 Å². The minimum atomic E-state index is 0.538. The van der Waals surface area contributed by atoms with Crippen LogP contribution in [-0.4, -0.2) is 23.6 Å². The Morgan fingerprint density at radius 1 is 1.50 bits per heavy atom. The molecule has 4 heteroatoms. The van der Waals surface area contributed by atoms with Gasteiger partial charge in [-0.05, 0) is 25.1 Å². The molecule has 82 valence electrons. The average molecular weight is 214 g/mol. The van der Waals surface area contributed by atoms with Crippen molar-refractivity contribution in [2.24, 2.45) is 0 Å². The van der Waals surface area contributed by atoms with Gasteiger partial charge in [-0.1, -0.05) is 0 Å². The van der Waals surface area contributed by atoms with Gasteiger partial charge >= 0.3 is 0 Å². The summed E-state index contributed by atoms with van der Waals surface area (Å²) in [6.07, 6.45) is 0.538. The maximum atomic E-state index is 8.54. The van der Waals surface area contributed by atoms with Gasteiger partial charge in [0.2, 0.25) is 0 Å². The van der Waals surface area contributed by atoms with Crippen LogP contribution in [0.2, 0.25) is 0 Å². The van der Waals surface area contributed by atoms with E-state index in [0.717, 1.165) is 29.1 Å². The van der Waals surface area contributed by atoms with Gasteiger partial charge in [-0.15, -0.1) is 0 Å². The number of aryl methyl sites for hydroxylation is 1. The van der Waals surface area contributed by atoms with E-state index in [4.69, 9.17) is 5.26 Å². The van der Waals surface area contributed by atoms with Crippen LogP contribution in [0.4, 0.5) is 5.69 Å². The number of hydrogen-bond acceptors (Lipinski definition) is 3. The van der Waals surface area contributed by atoms with Crippen molar-refractivity contribution in [3.63, 3.8) is 0 Å². The molecule has 0 spiro atoms. The van der Waals surface area contributed by atoms with Crippen LogP contribution in [0.1, 0.15) is 12.2 Å². The average Bonchev–Trinajstić information content (AvgIpc) is 2.64. The highest BCUT2D eigenvalue weighted by atomic mass is 15.1. The number of imidazole rings is 1. The van der Waals surface area contributed by atoms with Gasteiger partial charge in [-0.25, -0.2) is 4.98 Å². The summed E-state index contributed by atoms with van der Waals surface area (Å²) in [5.74, 6) is 0.923. The Kier molecular flexibility index (Phi) is 2.78. The fourth-order valence-corrected chi connectivity index (χ4v) is 1.71. The predicted molar refractivity (Wildman–Crippen MR) is 64.3 cm³/mol. The third kappa shape index (κ3) is 1.98. The highest BCUT2D eigenvalue weighted by molar-refractivity contribution is 5.79. The Bertz CT molecular complexity index is 535. The van der Waals surface area contributed by atoms with E-state index in [1.165, 1.54) is 0 Å². The zero-order valence-electron chi connectivity index (χ0n) is 9.49. The first-order valence-electron chi connectivity index (χ1n) is 5.25. The smallest absolute Gasteiger partial charge is 0.104 e. The van der Waals surface area contributed by atoms with Crippen LogP contribution in [0.15, 0.2) is 18.2 Å². The third-order valence-corrected chi connectivity index (χ3v) is 2.58. The van der Waals surface area contributed by atoms with Crippen LogP contribution in [-0.2, 0) is 0 Å². The SMILES string of the molecule is Cc1nc2ccc(N(C)CCC#N)cc2[nH]1. The van der Waals surface area contributed by atoms with Gasteiger partial charge in [0, 0.05) is 19.3 Å². The van der Waals surface area contributed by atoms with Gasteiger partial charge < -0.3 is 9.88 Å². The number of nitrogens with zero attached hydrogens (tertiary/aromatic N) is 3. The molecule has 0 unspecified atom stereocenters. The van der Waals surface area contributed by atoms with Crippen LogP contribution in [0.3, 0.4) is 0 Å². The predicted octanol–water partition coefficient (Wildman–Crippen LogP) is 2.22. The van der Waals surface area contributed by atoms with Crippen molar-refractivity contribution < 1.29 is 0 Å². The lowest BCUT2D eigenvalue weighted by Gasteiger charge is -2.17. The Morgan fingerprint density at radius 3 is 3.06 bits per heavy atom. The van der Waals surface area contributed by atoms with Crippen LogP contribution >= 0.6 is 0 Å². The molecule has 0 amide bonds. The quantitative estimate of drug-likeness (QED) is 0.852. The molecule has 1 N–H and O–H groups in total. The number of aromatic nitrogens is 2. The molecular weight excluding hydrogens is 200 g/mol. The Hall–Kier alpha value is -2.02. The van der Waals surface area contributed by atoms with E-state index in [2.05, 4.69) is 27.0 Å². The summed E-state index contributed by atoms with van der Waals surface area (Å²) in [5, 5.41) is 8.54. The normalized spacial score (nSPS) is 10.3. The van der Waals surface area contributed by atoms with Crippen LogP contribution in [0.25, 0.3) is 11.0 Å². The van der Waals surface area contributed by atoms with E-state index >= 15 is 0 Å². The molecule has 0 aliphatic heterocycles. The molecule has 16 heavy (non-hydrogen) atoms. The molecular formula is C12H14N4. The largest absolute Gasteiger partial charge is 0.374 e. The molecule has 0 atom stereocenters. The van der Waals surface area contributed by atoms with Gasteiger partial charge in [0.05, 0.1) is 23.5 Å². The van der Waals surface area contributed by atoms with Crippen LogP contribution in [0.5, 0.6) is 0 Å². The molecule has 0 aliphatic carbocycles. The van der Waals surface area contributed by atoms with Gasteiger partial charge in [0.15, 0.2) is 0 Å². The summed E-state index contributed by atoms with van der Waals surface area (Å²) in [5.41, 5.74) is 3.13. The van der Waals surface area contributed by atoms with Gasteiger partial charge in [-0.3, -0.25) is 0 Å². The molecule has 0 saturated heterocycles. The highest BCUT2D eigenvalue weighted by Gasteiger charge is 2.04. The maximum absolute atomic E-state index is 8.54.